The summed E-state index contributed by atoms with van der Waals surface area (Å²) in [7, 11) is -3.02. The molecule has 0 amide bonds. The molecule has 0 aliphatic carbocycles. The Morgan fingerprint density at radius 2 is 1.63 bits per heavy atom. The Balaban J connectivity index is 4.82. The van der Waals surface area contributed by atoms with Crippen LogP contribution in [0.5, 0.6) is 0 Å². The predicted octanol–water partition coefficient (Wildman–Crippen LogP) is 5.21. The van der Waals surface area contributed by atoms with Gasteiger partial charge in [-0.1, -0.05) is 0 Å². The summed E-state index contributed by atoms with van der Waals surface area (Å²) in [5.74, 6) is 0. The van der Waals surface area contributed by atoms with Crippen molar-refractivity contribution in [3.05, 3.63) is 10.3 Å². The Kier molecular flexibility index (Phi) is 12.4. The van der Waals surface area contributed by atoms with Crippen LogP contribution in [-0.4, -0.2) is 28.2 Å². The molecule has 0 spiro atoms. The molecule has 0 rings (SSSR count). The van der Waals surface area contributed by atoms with Crippen molar-refractivity contribution < 1.29 is 13.6 Å². The molecule has 0 unspecified atom stereocenters. The van der Waals surface area contributed by atoms with Gasteiger partial charge in [0.15, 0.2) is 0 Å². The molecule has 0 atom stereocenters. The topological polar surface area (TPSA) is 35.5 Å². The van der Waals surface area contributed by atoms with E-state index in [0.717, 1.165) is 28.8 Å². The number of unbranched alkanes of at least 4 members (excludes halogenated alkanes) is 3. The van der Waals surface area contributed by atoms with E-state index in [1.54, 1.807) is 0 Å². The molecule has 3 nitrogen and oxygen atoms in total. The first-order valence-electron chi connectivity index (χ1n) is 7.37. The van der Waals surface area contributed by atoms with Crippen molar-refractivity contribution in [2.24, 2.45) is 0 Å². The summed E-state index contributed by atoms with van der Waals surface area (Å²) in [6.45, 7) is 8.96. The van der Waals surface area contributed by atoms with Crippen LogP contribution in [0.1, 0.15) is 59.8 Å². The Labute approximate surface area is 125 Å². The van der Waals surface area contributed by atoms with Crippen molar-refractivity contribution in [2.75, 3.05) is 13.2 Å². The maximum atomic E-state index is 12.8. The Bertz CT molecular complexity index is 282. The molecule has 0 N–H and O–H groups in total. The van der Waals surface area contributed by atoms with Crippen molar-refractivity contribution in [2.45, 2.75) is 65.1 Å². The fourth-order valence-corrected chi connectivity index (χ4v) is 7.00. The first-order valence-corrected chi connectivity index (χ1v) is 11.0. The molecule has 0 saturated carbocycles. The fourth-order valence-electron chi connectivity index (χ4n) is 1.50. The first-order chi connectivity index (χ1) is 9.14. The van der Waals surface area contributed by atoms with Crippen LogP contribution in [0, 0.1) is 0 Å². The molecule has 114 valence electrons. The molecule has 0 aromatic rings. The quantitative estimate of drug-likeness (QED) is 0.274. The molecule has 0 aromatic heterocycles. The molecular formula is C14H29O3PSe. The second-order valence-electron chi connectivity index (χ2n) is 4.22. The summed E-state index contributed by atoms with van der Waals surface area (Å²) < 4.78 is 24.7. The van der Waals surface area contributed by atoms with Crippen molar-refractivity contribution in [1.29, 1.82) is 0 Å². The van der Waals surface area contributed by atoms with Gasteiger partial charge >= 0.3 is 125 Å². The third kappa shape index (κ3) is 8.32. The Morgan fingerprint density at radius 3 is 2.11 bits per heavy atom. The van der Waals surface area contributed by atoms with E-state index in [-0.39, 0.29) is 15.0 Å². The van der Waals surface area contributed by atoms with E-state index < -0.39 is 7.60 Å². The van der Waals surface area contributed by atoms with E-state index in [1.165, 1.54) is 12.8 Å². The van der Waals surface area contributed by atoms with Crippen molar-refractivity contribution in [1.82, 2.24) is 0 Å². The van der Waals surface area contributed by atoms with Crippen LogP contribution < -0.4 is 0 Å². The maximum absolute atomic E-state index is 12.8. The zero-order valence-electron chi connectivity index (χ0n) is 12.8. The molecule has 0 heterocycles. The molecule has 0 saturated heterocycles. The number of rotatable bonds is 12. The minimum atomic E-state index is -3.02. The molecule has 19 heavy (non-hydrogen) atoms. The molecule has 0 radical (unpaired) electrons. The summed E-state index contributed by atoms with van der Waals surface area (Å²) in [6.07, 6.45) is 7.74. The van der Waals surface area contributed by atoms with Gasteiger partial charge in [-0.2, -0.15) is 0 Å². The van der Waals surface area contributed by atoms with Crippen LogP contribution >= 0.6 is 7.60 Å². The average Bonchev–Trinajstić information content (AvgIpc) is 2.38. The zero-order chi connectivity index (χ0) is 14.6. The Morgan fingerprint density at radius 1 is 1.05 bits per heavy atom. The van der Waals surface area contributed by atoms with Gasteiger partial charge in [-0.3, -0.25) is 0 Å². The normalized spacial score (nSPS) is 12.9. The average molecular weight is 355 g/mol. The van der Waals surface area contributed by atoms with Crippen molar-refractivity contribution in [3.8, 4) is 0 Å². The van der Waals surface area contributed by atoms with Gasteiger partial charge in [0.2, 0.25) is 0 Å². The van der Waals surface area contributed by atoms with Gasteiger partial charge in [0.05, 0.1) is 0 Å². The summed E-state index contributed by atoms with van der Waals surface area (Å²) >= 11 is 0.226. The van der Waals surface area contributed by atoms with Crippen LogP contribution in [0.15, 0.2) is 10.3 Å². The number of hydrogen-bond donors (Lipinski definition) is 0. The molecular weight excluding hydrogens is 326 g/mol. The molecule has 0 aliphatic rings. The van der Waals surface area contributed by atoms with Crippen LogP contribution in [0.3, 0.4) is 0 Å². The summed E-state index contributed by atoms with van der Waals surface area (Å²) in [4.78, 5) is 0. The third-order valence-electron chi connectivity index (χ3n) is 2.49. The predicted molar refractivity (Wildman–Crippen MR) is 83.9 cm³/mol. The van der Waals surface area contributed by atoms with Crippen LogP contribution in [-0.2, 0) is 13.6 Å². The molecule has 5 heteroatoms. The summed E-state index contributed by atoms with van der Waals surface area (Å²) in [5.41, 5.74) is 0. The zero-order valence-corrected chi connectivity index (χ0v) is 15.4. The first kappa shape index (κ1) is 19.4. The van der Waals surface area contributed by atoms with Gasteiger partial charge in [-0.15, -0.1) is 0 Å². The fraction of sp³-hybridized carbons (Fsp3) is 0.857. The third-order valence-corrected chi connectivity index (χ3v) is 8.49. The van der Waals surface area contributed by atoms with Crippen LogP contribution in [0.4, 0.5) is 0 Å². The van der Waals surface area contributed by atoms with Crippen molar-refractivity contribution >= 4 is 22.6 Å². The second-order valence-corrected chi connectivity index (χ2v) is 9.28. The van der Waals surface area contributed by atoms with E-state index in [2.05, 4.69) is 19.9 Å². The second kappa shape index (κ2) is 12.2. The molecule has 0 aromatic carbocycles. The van der Waals surface area contributed by atoms with E-state index >= 15 is 0 Å². The standard InChI is InChI=1S/C14H29O3PSe/c1-5-9-11-12-14(19-13-10-6-2)18(15,16-7-3)17-8-4/h12H,5-11,13H2,1-4H3/b14-12-. The van der Waals surface area contributed by atoms with Crippen LogP contribution in [0.2, 0.25) is 5.32 Å². The van der Waals surface area contributed by atoms with E-state index in [1.807, 2.05) is 13.8 Å². The van der Waals surface area contributed by atoms with Gasteiger partial charge < -0.3 is 0 Å². The van der Waals surface area contributed by atoms with E-state index in [0.29, 0.717) is 13.2 Å². The Hall–Kier alpha value is 0.409. The van der Waals surface area contributed by atoms with Gasteiger partial charge in [-0.25, -0.2) is 0 Å². The van der Waals surface area contributed by atoms with Gasteiger partial charge in [0, 0.05) is 0 Å². The SMILES string of the molecule is CCCC/C=C(\[Se]CCCC)P(=O)(OCC)OCC. The molecule has 0 aliphatic heterocycles. The van der Waals surface area contributed by atoms with Crippen LogP contribution in [0.25, 0.3) is 0 Å². The van der Waals surface area contributed by atoms with Gasteiger partial charge in [-0.05, 0) is 0 Å². The molecule has 0 fully saturated rings. The molecule has 0 bridgehead atoms. The van der Waals surface area contributed by atoms with Gasteiger partial charge in [0.25, 0.3) is 0 Å². The van der Waals surface area contributed by atoms with Gasteiger partial charge in [0.1, 0.15) is 0 Å². The monoisotopic (exact) mass is 356 g/mol. The van der Waals surface area contributed by atoms with E-state index in [4.69, 9.17) is 9.05 Å². The summed E-state index contributed by atoms with van der Waals surface area (Å²) in [5, 5.41) is 1.12. The number of hydrogen-bond acceptors (Lipinski definition) is 3. The van der Waals surface area contributed by atoms with E-state index in [9.17, 15) is 4.57 Å². The minimum absolute atomic E-state index is 0.226. The summed E-state index contributed by atoms with van der Waals surface area (Å²) in [6, 6.07) is 0. The van der Waals surface area contributed by atoms with Crippen molar-refractivity contribution in [3.63, 3.8) is 0 Å². The number of allylic oxidation sites excluding steroid dienone is 1.